The molecule has 10 heteroatoms. The SMILES string of the molecule is CCCN[Si]1(C)O[SiH](C)O[SiH](C)O[Si](C)(NCCC)O1. The van der Waals surface area contributed by atoms with Crippen molar-refractivity contribution in [3.63, 3.8) is 0 Å². The van der Waals surface area contributed by atoms with E-state index in [4.69, 9.17) is 16.5 Å². The maximum absolute atomic E-state index is 6.41. The summed E-state index contributed by atoms with van der Waals surface area (Å²) in [5, 5.41) is 0. The third kappa shape index (κ3) is 6.17. The topological polar surface area (TPSA) is 61.0 Å². The number of hydrogen-bond acceptors (Lipinski definition) is 6. The molecule has 0 amide bonds. The Morgan fingerprint density at radius 3 is 1.60 bits per heavy atom. The molecule has 4 unspecified atom stereocenters. The summed E-state index contributed by atoms with van der Waals surface area (Å²) in [4.78, 5) is 6.94. The van der Waals surface area contributed by atoms with Crippen molar-refractivity contribution in [3.8, 4) is 0 Å². The largest absolute Gasteiger partial charge is 0.420 e. The van der Waals surface area contributed by atoms with Crippen LogP contribution in [0.1, 0.15) is 26.7 Å². The van der Waals surface area contributed by atoms with Gasteiger partial charge in [-0.15, -0.1) is 0 Å². The molecule has 0 aromatic carbocycles. The molecule has 2 N–H and O–H groups in total. The highest BCUT2D eigenvalue weighted by molar-refractivity contribution is 6.84. The van der Waals surface area contributed by atoms with Crippen LogP contribution in [0, 0.1) is 0 Å². The molecule has 0 aromatic rings. The molecule has 0 aromatic heterocycles. The number of hydrogen-bond donors (Lipinski definition) is 2. The molecule has 1 rings (SSSR count). The molecule has 20 heavy (non-hydrogen) atoms. The summed E-state index contributed by atoms with van der Waals surface area (Å²) in [6, 6.07) is 0. The minimum atomic E-state index is -2.44. The van der Waals surface area contributed by atoms with E-state index >= 15 is 0 Å². The molecular formula is C10H30N2O4Si4. The molecule has 0 radical (unpaired) electrons. The molecule has 0 saturated carbocycles. The van der Waals surface area contributed by atoms with Gasteiger partial charge in [-0.1, -0.05) is 13.8 Å². The minimum Gasteiger partial charge on any atom is -0.420 e. The standard InChI is InChI=1S/C10H30N2O4Si4/c1-7-9-11-19(5)14-17(3)13-18(4)15-20(6,16-19)12-10-8-2/h11-12,17-18H,7-10H2,1-6H3. The number of nitrogens with one attached hydrogen (secondary N) is 2. The van der Waals surface area contributed by atoms with Crippen molar-refractivity contribution in [2.24, 2.45) is 0 Å². The van der Waals surface area contributed by atoms with Crippen molar-refractivity contribution in [1.29, 1.82) is 0 Å². The third-order valence-electron chi connectivity index (χ3n) is 2.95. The van der Waals surface area contributed by atoms with Gasteiger partial charge in [0.25, 0.3) is 0 Å². The van der Waals surface area contributed by atoms with Gasteiger partial charge in [-0.2, -0.15) is 0 Å². The Labute approximate surface area is 128 Å². The fraction of sp³-hybridized carbons (Fsp3) is 1.00. The highest BCUT2D eigenvalue weighted by Crippen LogP contribution is 2.19. The van der Waals surface area contributed by atoms with Crippen molar-refractivity contribution < 1.29 is 16.5 Å². The summed E-state index contributed by atoms with van der Waals surface area (Å²) in [7, 11) is -8.22. The van der Waals surface area contributed by atoms with Gasteiger partial charge >= 0.3 is 36.0 Å². The van der Waals surface area contributed by atoms with E-state index in [1.807, 2.05) is 0 Å². The molecule has 0 spiro atoms. The lowest BCUT2D eigenvalue weighted by molar-refractivity contribution is 0.239. The molecule has 1 aliphatic rings. The zero-order chi connectivity index (χ0) is 15.2. The van der Waals surface area contributed by atoms with E-state index in [-0.39, 0.29) is 0 Å². The van der Waals surface area contributed by atoms with Gasteiger partial charge in [0, 0.05) is 0 Å². The maximum atomic E-state index is 6.41. The summed E-state index contributed by atoms with van der Waals surface area (Å²) in [5.41, 5.74) is 0. The van der Waals surface area contributed by atoms with E-state index in [2.05, 4.69) is 50.0 Å². The second kappa shape index (κ2) is 8.31. The van der Waals surface area contributed by atoms with Gasteiger partial charge in [0.15, 0.2) is 0 Å². The lowest BCUT2D eigenvalue weighted by atomic mass is 10.5. The first-order chi connectivity index (χ1) is 9.32. The first-order valence-electron chi connectivity index (χ1n) is 7.54. The Kier molecular flexibility index (Phi) is 7.76. The van der Waals surface area contributed by atoms with Crippen molar-refractivity contribution in [3.05, 3.63) is 0 Å². The first-order valence-corrected chi connectivity index (χ1v) is 16.4. The van der Waals surface area contributed by atoms with E-state index in [9.17, 15) is 0 Å². The van der Waals surface area contributed by atoms with Gasteiger partial charge in [-0.3, -0.25) is 9.96 Å². The van der Waals surface area contributed by atoms with Crippen LogP contribution < -0.4 is 9.96 Å². The monoisotopic (exact) mass is 354 g/mol. The van der Waals surface area contributed by atoms with E-state index < -0.39 is 36.0 Å². The van der Waals surface area contributed by atoms with Crippen LogP contribution in [0.4, 0.5) is 0 Å². The fourth-order valence-electron chi connectivity index (χ4n) is 2.24. The Hall–Kier alpha value is 0.628. The summed E-state index contributed by atoms with van der Waals surface area (Å²) in [6.45, 7) is 14.3. The van der Waals surface area contributed by atoms with Crippen LogP contribution in [0.15, 0.2) is 0 Å². The van der Waals surface area contributed by atoms with E-state index in [1.54, 1.807) is 0 Å². The van der Waals surface area contributed by atoms with Crippen molar-refractivity contribution in [2.75, 3.05) is 13.1 Å². The molecule has 1 heterocycles. The molecule has 1 aliphatic heterocycles. The highest BCUT2D eigenvalue weighted by atomic mass is 28.5. The van der Waals surface area contributed by atoms with Gasteiger partial charge in [-0.25, -0.2) is 0 Å². The summed E-state index contributed by atoms with van der Waals surface area (Å²) >= 11 is 0. The second-order valence-corrected chi connectivity index (χ2v) is 15.9. The van der Waals surface area contributed by atoms with Crippen LogP contribution in [-0.2, 0) is 16.5 Å². The summed E-state index contributed by atoms with van der Waals surface area (Å²) in [6.07, 6.45) is 2.11. The van der Waals surface area contributed by atoms with Crippen molar-refractivity contribution in [1.82, 2.24) is 9.96 Å². The Morgan fingerprint density at radius 2 is 1.25 bits per heavy atom. The van der Waals surface area contributed by atoms with Gasteiger partial charge in [-0.05, 0) is 52.1 Å². The van der Waals surface area contributed by atoms with Crippen LogP contribution in [-0.4, -0.2) is 49.1 Å². The highest BCUT2D eigenvalue weighted by Gasteiger charge is 2.48. The predicted octanol–water partition coefficient (Wildman–Crippen LogP) is 0.904. The van der Waals surface area contributed by atoms with Crippen LogP contribution in [0.25, 0.3) is 0 Å². The maximum Gasteiger partial charge on any atom is 0.404 e. The molecule has 4 atom stereocenters. The molecular weight excluding hydrogens is 324 g/mol. The van der Waals surface area contributed by atoms with Crippen molar-refractivity contribution in [2.45, 2.75) is 52.9 Å². The van der Waals surface area contributed by atoms with Crippen molar-refractivity contribution >= 4 is 36.0 Å². The molecule has 6 nitrogen and oxygen atoms in total. The summed E-state index contributed by atoms with van der Waals surface area (Å²) in [5.74, 6) is 0. The van der Waals surface area contributed by atoms with Crippen LogP contribution in [0.5, 0.6) is 0 Å². The normalized spacial score (nSPS) is 39.3. The van der Waals surface area contributed by atoms with Gasteiger partial charge < -0.3 is 16.5 Å². The average Bonchev–Trinajstić information content (AvgIpc) is 2.31. The Morgan fingerprint density at radius 1 is 0.850 bits per heavy atom. The predicted molar refractivity (Wildman–Crippen MR) is 90.2 cm³/mol. The minimum absolute atomic E-state index is 0.898. The molecule has 0 aliphatic carbocycles. The average molecular weight is 355 g/mol. The zero-order valence-electron chi connectivity index (χ0n) is 13.6. The van der Waals surface area contributed by atoms with Gasteiger partial charge in [0.2, 0.25) is 0 Å². The van der Waals surface area contributed by atoms with Crippen LogP contribution in [0.2, 0.25) is 26.2 Å². The quantitative estimate of drug-likeness (QED) is 0.691. The fourth-order valence-corrected chi connectivity index (χ4v) is 17.8. The molecule has 1 saturated heterocycles. The lowest BCUT2D eigenvalue weighted by Crippen LogP contribution is -2.70. The molecule has 1 fully saturated rings. The van der Waals surface area contributed by atoms with E-state index in [1.165, 1.54) is 0 Å². The first kappa shape index (κ1) is 18.7. The smallest absolute Gasteiger partial charge is 0.404 e. The van der Waals surface area contributed by atoms with Crippen LogP contribution in [0.3, 0.4) is 0 Å². The summed E-state index contributed by atoms with van der Waals surface area (Å²) < 4.78 is 24.8. The second-order valence-electron chi connectivity index (χ2n) is 5.35. The lowest BCUT2D eigenvalue weighted by Gasteiger charge is -2.42. The van der Waals surface area contributed by atoms with E-state index in [0.29, 0.717) is 0 Å². The molecule has 120 valence electrons. The molecule has 0 bridgehead atoms. The Balaban J connectivity index is 2.83. The zero-order valence-corrected chi connectivity index (χ0v) is 17.9. The van der Waals surface area contributed by atoms with E-state index in [0.717, 1.165) is 25.9 Å². The third-order valence-corrected chi connectivity index (χ3v) is 17.2. The van der Waals surface area contributed by atoms with Gasteiger partial charge in [0.05, 0.1) is 0 Å². The Bertz CT molecular complexity index is 278. The number of rotatable bonds is 6. The van der Waals surface area contributed by atoms with Crippen LogP contribution >= 0.6 is 0 Å². The van der Waals surface area contributed by atoms with Gasteiger partial charge in [0.1, 0.15) is 0 Å².